The van der Waals surface area contributed by atoms with E-state index in [0.29, 0.717) is 11.7 Å². The maximum atomic E-state index is 13.1. The number of piperidine rings is 1. The number of rotatable bonds is 4. The maximum Gasteiger partial charge on any atom is 0.227 e. The Morgan fingerprint density at radius 2 is 2.00 bits per heavy atom. The zero-order chi connectivity index (χ0) is 18.7. The molecule has 1 amide bonds. The molecule has 2 heterocycles. The summed E-state index contributed by atoms with van der Waals surface area (Å²) in [6.45, 7) is 3.41. The molecule has 0 saturated carbocycles. The van der Waals surface area contributed by atoms with Crippen molar-refractivity contribution < 1.29 is 9.18 Å². The average Bonchev–Trinajstić information content (AvgIpc) is 2.67. The average molecular weight is 377 g/mol. The monoisotopic (exact) mass is 376 g/mol. The second-order valence-electron chi connectivity index (χ2n) is 6.68. The largest absolute Gasteiger partial charge is 0.354 e. The van der Waals surface area contributed by atoms with Gasteiger partial charge in [-0.05, 0) is 49.6 Å². The Bertz CT molecular complexity index is 753. The highest BCUT2D eigenvalue weighted by Crippen LogP contribution is 2.26. The van der Waals surface area contributed by atoms with E-state index in [2.05, 4.69) is 15.1 Å². The Morgan fingerprint density at radius 3 is 2.65 bits per heavy atom. The quantitative estimate of drug-likeness (QED) is 0.816. The van der Waals surface area contributed by atoms with Crippen molar-refractivity contribution in [1.82, 2.24) is 15.1 Å². The SMILES string of the molecule is C[C@@H](c1ccc(F)cc1)N(C)C(=O)[C@@H]1CCCN(c2ccc(Cl)nn2)C1. The van der Waals surface area contributed by atoms with E-state index in [1.165, 1.54) is 12.1 Å². The number of hydrogen-bond acceptors (Lipinski definition) is 4. The highest BCUT2D eigenvalue weighted by atomic mass is 35.5. The van der Waals surface area contributed by atoms with Gasteiger partial charge in [0.05, 0.1) is 12.0 Å². The number of halogens is 2. The highest BCUT2D eigenvalue weighted by Gasteiger charge is 2.30. The molecule has 0 N–H and O–H groups in total. The van der Waals surface area contributed by atoms with Crippen LogP contribution in [0.2, 0.25) is 5.15 Å². The smallest absolute Gasteiger partial charge is 0.227 e. The molecule has 1 saturated heterocycles. The van der Waals surface area contributed by atoms with Gasteiger partial charge < -0.3 is 9.80 Å². The van der Waals surface area contributed by atoms with Crippen molar-refractivity contribution in [1.29, 1.82) is 0 Å². The van der Waals surface area contributed by atoms with Gasteiger partial charge in [-0.2, -0.15) is 0 Å². The summed E-state index contributed by atoms with van der Waals surface area (Å²) in [5.41, 5.74) is 0.915. The van der Waals surface area contributed by atoms with Crippen molar-refractivity contribution >= 4 is 23.3 Å². The second kappa shape index (κ2) is 7.99. The molecule has 0 bridgehead atoms. The van der Waals surface area contributed by atoms with Gasteiger partial charge in [-0.15, -0.1) is 10.2 Å². The van der Waals surface area contributed by atoms with Crippen LogP contribution in [0.5, 0.6) is 0 Å². The van der Waals surface area contributed by atoms with E-state index in [0.717, 1.165) is 30.8 Å². The number of carbonyl (C=O) groups is 1. The van der Waals surface area contributed by atoms with Gasteiger partial charge in [0.25, 0.3) is 0 Å². The van der Waals surface area contributed by atoms with Gasteiger partial charge in [0.1, 0.15) is 5.82 Å². The molecule has 1 aliphatic rings. The number of amides is 1. The maximum absolute atomic E-state index is 13.1. The lowest BCUT2D eigenvalue weighted by Gasteiger charge is -2.36. The van der Waals surface area contributed by atoms with Crippen molar-refractivity contribution in [2.45, 2.75) is 25.8 Å². The fraction of sp³-hybridized carbons (Fsp3) is 0.421. The molecule has 0 radical (unpaired) electrons. The van der Waals surface area contributed by atoms with Crippen molar-refractivity contribution in [3.63, 3.8) is 0 Å². The van der Waals surface area contributed by atoms with E-state index in [9.17, 15) is 9.18 Å². The summed E-state index contributed by atoms with van der Waals surface area (Å²) in [6, 6.07) is 9.71. The molecule has 2 atom stereocenters. The molecule has 1 aliphatic heterocycles. The molecule has 26 heavy (non-hydrogen) atoms. The number of hydrogen-bond donors (Lipinski definition) is 0. The number of benzene rings is 1. The molecule has 7 heteroatoms. The zero-order valence-corrected chi connectivity index (χ0v) is 15.7. The molecule has 1 aromatic carbocycles. The van der Waals surface area contributed by atoms with Crippen LogP contribution in [0.1, 0.15) is 31.4 Å². The van der Waals surface area contributed by atoms with Crippen molar-refractivity contribution in [3.8, 4) is 0 Å². The minimum absolute atomic E-state index is 0.0912. The first-order valence-electron chi connectivity index (χ1n) is 8.72. The van der Waals surface area contributed by atoms with Crippen LogP contribution in [0.4, 0.5) is 10.2 Å². The van der Waals surface area contributed by atoms with Crippen LogP contribution >= 0.6 is 11.6 Å². The minimum Gasteiger partial charge on any atom is -0.354 e. The van der Waals surface area contributed by atoms with Crippen LogP contribution in [0.25, 0.3) is 0 Å². The summed E-state index contributed by atoms with van der Waals surface area (Å²) in [5, 5.41) is 8.35. The van der Waals surface area contributed by atoms with Crippen molar-refractivity contribution in [2.24, 2.45) is 5.92 Å². The number of nitrogens with zero attached hydrogens (tertiary/aromatic N) is 4. The highest BCUT2D eigenvalue weighted by molar-refractivity contribution is 6.29. The van der Waals surface area contributed by atoms with Crippen LogP contribution in [-0.2, 0) is 4.79 Å². The minimum atomic E-state index is -0.276. The first kappa shape index (κ1) is 18.6. The van der Waals surface area contributed by atoms with Gasteiger partial charge in [-0.25, -0.2) is 4.39 Å². The molecule has 1 fully saturated rings. The van der Waals surface area contributed by atoms with Crippen molar-refractivity contribution in [2.75, 3.05) is 25.0 Å². The zero-order valence-electron chi connectivity index (χ0n) is 14.9. The van der Waals surface area contributed by atoms with Crippen LogP contribution in [-0.4, -0.2) is 41.1 Å². The van der Waals surface area contributed by atoms with Gasteiger partial charge in [-0.1, -0.05) is 23.7 Å². The summed E-state index contributed by atoms with van der Waals surface area (Å²) < 4.78 is 13.1. The molecular formula is C19H22ClFN4O. The van der Waals surface area contributed by atoms with E-state index >= 15 is 0 Å². The van der Waals surface area contributed by atoms with Crippen LogP contribution in [0.3, 0.4) is 0 Å². The normalized spacial score (nSPS) is 18.5. The Labute approximate surface area is 157 Å². The molecule has 138 valence electrons. The van der Waals surface area contributed by atoms with Gasteiger partial charge in [0.2, 0.25) is 5.91 Å². The molecule has 3 rings (SSSR count). The molecule has 0 aliphatic carbocycles. The third-order valence-electron chi connectivity index (χ3n) is 4.99. The third-order valence-corrected chi connectivity index (χ3v) is 5.20. The molecule has 0 spiro atoms. The summed E-state index contributed by atoms with van der Waals surface area (Å²) in [4.78, 5) is 16.8. The Hall–Kier alpha value is -2.21. The van der Waals surface area contributed by atoms with Gasteiger partial charge in [-0.3, -0.25) is 4.79 Å². The number of anilines is 1. The lowest BCUT2D eigenvalue weighted by atomic mass is 9.95. The summed E-state index contributed by atoms with van der Waals surface area (Å²) in [5.74, 6) is 0.450. The second-order valence-corrected chi connectivity index (χ2v) is 7.06. The molecule has 0 unspecified atom stereocenters. The number of carbonyl (C=O) groups excluding carboxylic acids is 1. The first-order valence-corrected chi connectivity index (χ1v) is 9.10. The molecule has 2 aromatic rings. The van der Waals surface area contributed by atoms with Crippen LogP contribution in [0, 0.1) is 11.7 Å². The first-order chi connectivity index (χ1) is 12.5. The summed E-state index contributed by atoms with van der Waals surface area (Å²) in [7, 11) is 1.80. The van der Waals surface area contributed by atoms with E-state index in [1.807, 2.05) is 13.0 Å². The lowest BCUT2D eigenvalue weighted by molar-refractivity contribution is -0.136. The Kier molecular flexibility index (Phi) is 5.71. The third kappa shape index (κ3) is 4.12. The van der Waals surface area contributed by atoms with Gasteiger partial charge in [0, 0.05) is 20.1 Å². The van der Waals surface area contributed by atoms with Crippen LogP contribution in [0.15, 0.2) is 36.4 Å². The standard InChI is InChI=1S/C19H22ClFN4O/c1-13(14-5-7-16(21)8-6-14)24(2)19(26)15-4-3-11-25(12-15)18-10-9-17(20)22-23-18/h5-10,13,15H,3-4,11-12H2,1-2H3/t13-,15+/m0/s1. The fourth-order valence-corrected chi connectivity index (χ4v) is 3.41. The van der Waals surface area contributed by atoms with E-state index in [1.54, 1.807) is 30.1 Å². The Morgan fingerprint density at radius 1 is 1.27 bits per heavy atom. The topological polar surface area (TPSA) is 49.3 Å². The van der Waals surface area contributed by atoms with E-state index in [-0.39, 0.29) is 23.7 Å². The predicted octanol–water partition coefficient (Wildman–Crippen LogP) is 3.71. The predicted molar refractivity (Wildman–Crippen MR) is 99.6 cm³/mol. The summed E-state index contributed by atoms with van der Waals surface area (Å²) >= 11 is 5.80. The van der Waals surface area contributed by atoms with Crippen LogP contribution < -0.4 is 4.90 Å². The van der Waals surface area contributed by atoms with E-state index < -0.39 is 0 Å². The van der Waals surface area contributed by atoms with E-state index in [4.69, 9.17) is 11.6 Å². The summed E-state index contributed by atoms with van der Waals surface area (Å²) in [6.07, 6.45) is 1.76. The molecule has 1 aromatic heterocycles. The lowest BCUT2D eigenvalue weighted by Crippen LogP contribution is -2.44. The number of aromatic nitrogens is 2. The van der Waals surface area contributed by atoms with Gasteiger partial charge in [0.15, 0.2) is 11.0 Å². The van der Waals surface area contributed by atoms with Gasteiger partial charge >= 0.3 is 0 Å². The molecule has 5 nitrogen and oxygen atoms in total. The fourth-order valence-electron chi connectivity index (χ4n) is 3.31. The molecular weight excluding hydrogens is 355 g/mol. The van der Waals surface area contributed by atoms with Crippen molar-refractivity contribution in [3.05, 3.63) is 52.9 Å². The Balaban J connectivity index is 1.68.